The molecule has 0 saturated carbocycles. The van der Waals surface area contributed by atoms with E-state index in [1.807, 2.05) is 12.1 Å². The van der Waals surface area contributed by atoms with Crippen LogP contribution in [0.2, 0.25) is 0 Å². The van der Waals surface area contributed by atoms with Crippen LogP contribution in [0.1, 0.15) is 5.56 Å². The average Bonchev–Trinajstić information content (AvgIpc) is 2.00. The first-order valence-corrected chi connectivity index (χ1v) is 6.82. The average molecular weight is 486 g/mol. The van der Waals surface area contributed by atoms with Crippen molar-refractivity contribution in [2.24, 2.45) is 0 Å². The molecule has 1 rings (SSSR count). The third-order valence-electron chi connectivity index (χ3n) is 1.24. The van der Waals surface area contributed by atoms with Crippen LogP contribution in [0.25, 0.3) is 0 Å². The highest BCUT2D eigenvalue weighted by atomic mass is 79.9. The minimum atomic E-state index is 0.926. The van der Waals surface area contributed by atoms with Crippen molar-refractivity contribution >= 4 is 79.6 Å². The maximum atomic E-state index is 3.47. The fraction of sp³-hybridized carbons (Fsp3) is 0. The Bertz CT molecular complexity index is 294. The molecule has 0 atom stereocenters. The molecular weight excluding hydrogens is 484 g/mol. The summed E-state index contributed by atoms with van der Waals surface area (Å²) >= 11 is 17.1. The molecule has 0 bridgehead atoms. The van der Waals surface area contributed by atoms with E-state index in [0.29, 0.717) is 0 Å². The molecule has 12 heavy (non-hydrogen) atoms. The first kappa shape index (κ1) is 11.7. The molecule has 0 nitrogen and oxygen atoms in total. The van der Waals surface area contributed by atoms with Crippen LogP contribution in [0.4, 0.5) is 0 Å². The second kappa shape index (κ2) is 4.91. The highest BCUT2D eigenvalue weighted by Gasteiger charge is 2.12. The molecular formula is C7H2Br5. The van der Waals surface area contributed by atoms with Crippen LogP contribution in [0, 0.1) is 3.74 Å². The molecule has 65 valence electrons. The molecule has 0 heterocycles. The molecule has 0 aromatic heterocycles. The van der Waals surface area contributed by atoms with Gasteiger partial charge >= 0.3 is 0 Å². The number of benzene rings is 1. The molecule has 0 fully saturated rings. The van der Waals surface area contributed by atoms with Gasteiger partial charge in [-0.15, -0.1) is 0 Å². The highest BCUT2D eigenvalue weighted by Crippen LogP contribution is 2.40. The molecule has 1 radical (unpaired) electrons. The fourth-order valence-electron chi connectivity index (χ4n) is 0.672. The first-order chi connectivity index (χ1) is 5.54. The van der Waals surface area contributed by atoms with Gasteiger partial charge in [0, 0.05) is 13.4 Å². The van der Waals surface area contributed by atoms with Gasteiger partial charge < -0.3 is 0 Å². The minimum Gasteiger partial charge on any atom is -0.0644 e. The van der Waals surface area contributed by atoms with Crippen molar-refractivity contribution in [3.63, 3.8) is 0 Å². The van der Waals surface area contributed by atoms with Gasteiger partial charge in [-0.3, -0.25) is 0 Å². The van der Waals surface area contributed by atoms with Gasteiger partial charge in [-0.05, 0) is 59.4 Å². The van der Waals surface area contributed by atoms with Crippen molar-refractivity contribution < 1.29 is 0 Å². The molecule has 1 aromatic carbocycles. The van der Waals surface area contributed by atoms with Gasteiger partial charge in [0.15, 0.2) is 0 Å². The predicted octanol–water partition coefficient (Wildman–Crippen LogP) is 5.60. The second-order valence-electron chi connectivity index (χ2n) is 1.98. The Kier molecular flexibility index (Phi) is 4.79. The van der Waals surface area contributed by atoms with Crippen LogP contribution >= 0.6 is 79.6 Å². The quantitative estimate of drug-likeness (QED) is 0.454. The van der Waals surface area contributed by atoms with E-state index in [0.717, 1.165) is 22.7 Å². The van der Waals surface area contributed by atoms with Gasteiger partial charge in [-0.2, -0.15) is 0 Å². The molecule has 0 aliphatic rings. The maximum absolute atomic E-state index is 3.47. The Morgan fingerprint density at radius 3 is 2.00 bits per heavy atom. The lowest BCUT2D eigenvalue weighted by molar-refractivity contribution is 1.46. The van der Waals surface area contributed by atoms with E-state index in [9.17, 15) is 0 Å². The smallest absolute Gasteiger partial charge is 0.0644 e. The van der Waals surface area contributed by atoms with Gasteiger partial charge in [-0.1, -0.05) is 37.9 Å². The standard InChI is InChI=1S/C7H2Br5/c8-4-2-1-3(7(11)12)5(9)6(4)10/h1-2H. The van der Waals surface area contributed by atoms with Crippen LogP contribution in [-0.2, 0) is 0 Å². The van der Waals surface area contributed by atoms with Gasteiger partial charge in [0.05, 0.1) is 0 Å². The molecule has 1 aromatic rings. The highest BCUT2D eigenvalue weighted by molar-refractivity contribution is 9.27. The molecule has 0 N–H and O–H groups in total. The Labute approximate surface area is 113 Å². The third-order valence-corrected chi connectivity index (χ3v) is 5.47. The van der Waals surface area contributed by atoms with E-state index in [1.165, 1.54) is 0 Å². The summed E-state index contributed by atoms with van der Waals surface area (Å²) in [6, 6.07) is 3.98. The van der Waals surface area contributed by atoms with E-state index < -0.39 is 0 Å². The van der Waals surface area contributed by atoms with Crippen molar-refractivity contribution in [2.45, 2.75) is 0 Å². The third kappa shape index (κ3) is 2.56. The second-order valence-corrected chi connectivity index (χ2v) is 7.07. The summed E-state index contributed by atoms with van der Waals surface area (Å²) in [4.78, 5) is 0. The predicted molar refractivity (Wildman–Crippen MR) is 69.7 cm³/mol. The molecule has 5 heteroatoms. The summed E-state index contributed by atoms with van der Waals surface area (Å²) in [5.41, 5.74) is 1.07. The van der Waals surface area contributed by atoms with Crippen molar-refractivity contribution in [3.8, 4) is 0 Å². The zero-order valence-electron chi connectivity index (χ0n) is 5.54. The van der Waals surface area contributed by atoms with Crippen LogP contribution in [0.3, 0.4) is 0 Å². The Morgan fingerprint density at radius 2 is 1.50 bits per heavy atom. The fourth-order valence-corrected chi connectivity index (χ4v) is 3.35. The van der Waals surface area contributed by atoms with E-state index >= 15 is 0 Å². The first-order valence-electron chi connectivity index (χ1n) is 2.86. The molecule has 0 spiro atoms. The largest absolute Gasteiger partial charge is 0.136 e. The van der Waals surface area contributed by atoms with Crippen LogP contribution < -0.4 is 0 Å². The lowest BCUT2D eigenvalue weighted by atomic mass is 10.2. The summed E-state index contributed by atoms with van der Waals surface area (Å²) in [5.74, 6) is 0. The van der Waals surface area contributed by atoms with E-state index in [-0.39, 0.29) is 0 Å². The van der Waals surface area contributed by atoms with Gasteiger partial charge in [0.1, 0.15) is 3.74 Å². The van der Waals surface area contributed by atoms with Crippen molar-refractivity contribution in [1.29, 1.82) is 0 Å². The van der Waals surface area contributed by atoms with Crippen LogP contribution in [-0.4, -0.2) is 0 Å². The van der Waals surface area contributed by atoms with Gasteiger partial charge in [-0.25, -0.2) is 0 Å². The Balaban J connectivity index is 3.27. The molecule has 0 aliphatic heterocycles. The van der Waals surface area contributed by atoms with E-state index in [1.54, 1.807) is 0 Å². The number of hydrogen-bond acceptors (Lipinski definition) is 0. The number of hydrogen-bond donors (Lipinski definition) is 0. The van der Waals surface area contributed by atoms with Gasteiger partial charge in [0.25, 0.3) is 0 Å². The molecule has 0 saturated heterocycles. The number of rotatable bonds is 1. The summed E-state index contributed by atoms with van der Waals surface area (Å²) in [7, 11) is 0. The Hall–Kier alpha value is 1.62. The normalized spacial score (nSPS) is 10.8. The topological polar surface area (TPSA) is 0 Å². The monoisotopic (exact) mass is 481 g/mol. The summed E-state index contributed by atoms with van der Waals surface area (Å²) < 4.78 is 3.98. The van der Waals surface area contributed by atoms with Crippen molar-refractivity contribution in [1.82, 2.24) is 0 Å². The summed E-state index contributed by atoms with van der Waals surface area (Å²) in [5, 5.41) is 0. The summed E-state index contributed by atoms with van der Waals surface area (Å²) in [6.07, 6.45) is 0. The Morgan fingerprint density at radius 1 is 0.917 bits per heavy atom. The number of halogens is 5. The lowest BCUT2D eigenvalue weighted by Gasteiger charge is -2.07. The summed E-state index contributed by atoms with van der Waals surface area (Å²) in [6.45, 7) is 0. The maximum Gasteiger partial charge on any atom is 0.136 e. The van der Waals surface area contributed by atoms with Crippen molar-refractivity contribution in [2.75, 3.05) is 0 Å². The lowest BCUT2D eigenvalue weighted by Crippen LogP contribution is -1.85. The van der Waals surface area contributed by atoms with Crippen LogP contribution in [0.15, 0.2) is 25.6 Å². The van der Waals surface area contributed by atoms with Crippen molar-refractivity contribution in [3.05, 3.63) is 34.9 Å². The molecule has 0 aliphatic carbocycles. The van der Waals surface area contributed by atoms with Gasteiger partial charge in [0.2, 0.25) is 0 Å². The van der Waals surface area contributed by atoms with E-state index in [4.69, 9.17) is 0 Å². The SMILES string of the molecule is Br[C](Br)c1ccc(Br)c(Br)c1Br. The van der Waals surface area contributed by atoms with Crippen LogP contribution in [0.5, 0.6) is 0 Å². The zero-order chi connectivity index (χ0) is 9.30. The zero-order valence-corrected chi connectivity index (χ0v) is 13.5. The minimum absolute atomic E-state index is 0.926. The molecule has 0 unspecified atom stereocenters. The van der Waals surface area contributed by atoms with E-state index in [2.05, 4.69) is 79.6 Å². The molecule has 0 amide bonds.